The average Bonchev–Trinajstić information content (AvgIpc) is 2.57. The lowest BCUT2D eigenvalue weighted by Gasteiger charge is -2.31. The SMILES string of the molecule is Cc1nc(C)n(C2CCCCC2CN)n1. The van der Waals surface area contributed by atoms with Gasteiger partial charge in [0.05, 0.1) is 6.04 Å². The van der Waals surface area contributed by atoms with E-state index in [4.69, 9.17) is 5.73 Å². The van der Waals surface area contributed by atoms with E-state index in [-0.39, 0.29) is 0 Å². The van der Waals surface area contributed by atoms with Crippen LogP contribution in [0.2, 0.25) is 0 Å². The Morgan fingerprint density at radius 1 is 1.33 bits per heavy atom. The first-order valence-electron chi connectivity index (χ1n) is 5.82. The molecule has 0 radical (unpaired) electrons. The summed E-state index contributed by atoms with van der Waals surface area (Å²) in [6.45, 7) is 4.75. The molecule has 2 N–H and O–H groups in total. The van der Waals surface area contributed by atoms with Crippen molar-refractivity contribution >= 4 is 0 Å². The van der Waals surface area contributed by atoms with Crippen LogP contribution < -0.4 is 5.73 Å². The van der Waals surface area contributed by atoms with Gasteiger partial charge in [-0.25, -0.2) is 9.67 Å². The zero-order chi connectivity index (χ0) is 10.8. The van der Waals surface area contributed by atoms with Crippen molar-refractivity contribution < 1.29 is 0 Å². The Labute approximate surface area is 90.9 Å². The molecule has 1 fully saturated rings. The predicted molar refractivity (Wildman–Crippen MR) is 59.5 cm³/mol. The molecule has 4 nitrogen and oxygen atoms in total. The molecule has 1 aliphatic rings. The van der Waals surface area contributed by atoms with Gasteiger partial charge in [-0.1, -0.05) is 12.8 Å². The molecule has 0 saturated heterocycles. The summed E-state index contributed by atoms with van der Waals surface area (Å²) in [4.78, 5) is 4.37. The molecule has 2 unspecified atom stereocenters. The van der Waals surface area contributed by atoms with E-state index in [1.165, 1.54) is 25.7 Å². The van der Waals surface area contributed by atoms with E-state index < -0.39 is 0 Å². The first-order chi connectivity index (χ1) is 7.22. The molecule has 4 heteroatoms. The van der Waals surface area contributed by atoms with Crippen molar-refractivity contribution in [3.8, 4) is 0 Å². The number of nitrogens with two attached hydrogens (primary N) is 1. The van der Waals surface area contributed by atoms with Gasteiger partial charge in [-0.2, -0.15) is 5.10 Å². The number of nitrogens with zero attached hydrogens (tertiary/aromatic N) is 3. The first kappa shape index (κ1) is 10.6. The lowest BCUT2D eigenvalue weighted by molar-refractivity contribution is 0.225. The van der Waals surface area contributed by atoms with Crippen molar-refractivity contribution in [1.29, 1.82) is 0 Å². The van der Waals surface area contributed by atoms with Crippen LogP contribution in [0.1, 0.15) is 43.4 Å². The Balaban J connectivity index is 2.23. The summed E-state index contributed by atoms with van der Waals surface area (Å²) in [5, 5.41) is 4.48. The van der Waals surface area contributed by atoms with E-state index in [9.17, 15) is 0 Å². The highest BCUT2D eigenvalue weighted by molar-refractivity contribution is 4.93. The highest BCUT2D eigenvalue weighted by atomic mass is 15.4. The molecule has 0 bridgehead atoms. The lowest BCUT2D eigenvalue weighted by atomic mass is 9.84. The van der Waals surface area contributed by atoms with Crippen molar-refractivity contribution in [2.75, 3.05) is 6.54 Å². The van der Waals surface area contributed by atoms with Crippen molar-refractivity contribution in [2.24, 2.45) is 11.7 Å². The minimum absolute atomic E-state index is 0.477. The van der Waals surface area contributed by atoms with Gasteiger partial charge in [0.15, 0.2) is 0 Å². The lowest BCUT2D eigenvalue weighted by Crippen LogP contribution is -2.30. The van der Waals surface area contributed by atoms with Gasteiger partial charge in [-0.3, -0.25) is 0 Å². The summed E-state index contributed by atoms with van der Waals surface area (Å²) < 4.78 is 2.09. The second-order valence-electron chi connectivity index (χ2n) is 4.50. The Bertz CT molecular complexity index is 331. The normalized spacial score (nSPS) is 26.9. The largest absolute Gasteiger partial charge is 0.330 e. The summed E-state index contributed by atoms with van der Waals surface area (Å²) in [7, 11) is 0. The number of rotatable bonds is 2. The molecule has 15 heavy (non-hydrogen) atoms. The second kappa shape index (κ2) is 4.31. The van der Waals surface area contributed by atoms with E-state index in [0.29, 0.717) is 12.0 Å². The van der Waals surface area contributed by atoms with Crippen molar-refractivity contribution in [3.63, 3.8) is 0 Å². The fraction of sp³-hybridized carbons (Fsp3) is 0.818. The predicted octanol–water partition coefficient (Wildman–Crippen LogP) is 1.58. The van der Waals surface area contributed by atoms with Crippen LogP contribution in [-0.4, -0.2) is 21.3 Å². The van der Waals surface area contributed by atoms with Crippen LogP contribution in [0.5, 0.6) is 0 Å². The fourth-order valence-electron chi connectivity index (χ4n) is 2.64. The smallest absolute Gasteiger partial charge is 0.147 e. The van der Waals surface area contributed by atoms with Gasteiger partial charge in [0, 0.05) is 0 Å². The zero-order valence-electron chi connectivity index (χ0n) is 9.61. The number of aromatic nitrogens is 3. The van der Waals surface area contributed by atoms with Crippen LogP contribution in [-0.2, 0) is 0 Å². The van der Waals surface area contributed by atoms with Crippen LogP contribution in [0.25, 0.3) is 0 Å². The van der Waals surface area contributed by atoms with E-state index in [1.54, 1.807) is 0 Å². The van der Waals surface area contributed by atoms with E-state index in [0.717, 1.165) is 18.2 Å². The van der Waals surface area contributed by atoms with Gasteiger partial charge in [-0.05, 0) is 39.2 Å². The molecule has 0 spiro atoms. The zero-order valence-corrected chi connectivity index (χ0v) is 9.61. The van der Waals surface area contributed by atoms with Crippen LogP contribution in [0.3, 0.4) is 0 Å². The fourth-order valence-corrected chi connectivity index (χ4v) is 2.64. The van der Waals surface area contributed by atoms with E-state index in [1.807, 2.05) is 13.8 Å². The van der Waals surface area contributed by atoms with E-state index >= 15 is 0 Å². The minimum atomic E-state index is 0.477. The maximum absolute atomic E-state index is 5.83. The molecule has 1 aromatic heterocycles. The van der Waals surface area contributed by atoms with Gasteiger partial charge in [-0.15, -0.1) is 0 Å². The molecule has 1 aromatic rings. The summed E-state index contributed by atoms with van der Waals surface area (Å²) in [6, 6.07) is 0.477. The molecular weight excluding hydrogens is 188 g/mol. The maximum Gasteiger partial charge on any atom is 0.147 e. The Hall–Kier alpha value is -0.900. The molecule has 2 atom stereocenters. The van der Waals surface area contributed by atoms with Crippen LogP contribution >= 0.6 is 0 Å². The molecule has 0 aromatic carbocycles. The van der Waals surface area contributed by atoms with Gasteiger partial charge in [0.1, 0.15) is 11.6 Å². The molecule has 1 aliphatic carbocycles. The first-order valence-corrected chi connectivity index (χ1v) is 5.82. The molecule has 1 heterocycles. The maximum atomic E-state index is 5.83. The van der Waals surface area contributed by atoms with Gasteiger partial charge >= 0.3 is 0 Å². The third-order valence-electron chi connectivity index (χ3n) is 3.39. The second-order valence-corrected chi connectivity index (χ2v) is 4.50. The average molecular weight is 208 g/mol. The van der Waals surface area contributed by atoms with Gasteiger partial charge in [0.25, 0.3) is 0 Å². The molecule has 84 valence electrons. The minimum Gasteiger partial charge on any atom is -0.330 e. The molecule has 1 saturated carbocycles. The summed E-state index contributed by atoms with van der Waals surface area (Å²) in [6.07, 6.45) is 5.04. The van der Waals surface area contributed by atoms with Crippen LogP contribution in [0.4, 0.5) is 0 Å². The third kappa shape index (κ3) is 2.04. The summed E-state index contributed by atoms with van der Waals surface area (Å²) in [5.74, 6) is 2.48. The monoisotopic (exact) mass is 208 g/mol. The quantitative estimate of drug-likeness (QED) is 0.803. The van der Waals surface area contributed by atoms with Crippen molar-refractivity contribution in [3.05, 3.63) is 11.6 Å². The van der Waals surface area contributed by atoms with E-state index in [2.05, 4.69) is 14.8 Å². The van der Waals surface area contributed by atoms with Gasteiger partial charge < -0.3 is 5.73 Å². The molecular formula is C11H20N4. The van der Waals surface area contributed by atoms with Crippen molar-refractivity contribution in [1.82, 2.24) is 14.8 Å². The number of hydrogen-bond donors (Lipinski definition) is 1. The van der Waals surface area contributed by atoms with Crippen LogP contribution in [0.15, 0.2) is 0 Å². The summed E-state index contributed by atoms with van der Waals surface area (Å²) in [5.41, 5.74) is 5.83. The molecule has 2 rings (SSSR count). The highest BCUT2D eigenvalue weighted by Gasteiger charge is 2.27. The highest BCUT2D eigenvalue weighted by Crippen LogP contribution is 2.33. The third-order valence-corrected chi connectivity index (χ3v) is 3.39. The molecule has 0 amide bonds. The standard InChI is InChI=1S/C11H20N4/c1-8-13-9(2)15(14-8)11-6-4-3-5-10(11)7-12/h10-11H,3-7,12H2,1-2H3. The van der Waals surface area contributed by atoms with Gasteiger partial charge in [0.2, 0.25) is 0 Å². The topological polar surface area (TPSA) is 56.7 Å². The Morgan fingerprint density at radius 2 is 2.07 bits per heavy atom. The van der Waals surface area contributed by atoms with Crippen LogP contribution in [0, 0.1) is 19.8 Å². The van der Waals surface area contributed by atoms with Crippen molar-refractivity contribution in [2.45, 2.75) is 45.6 Å². The summed E-state index contributed by atoms with van der Waals surface area (Å²) >= 11 is 0. The Morgan fingerprint density at radius 3 is 2.67 bits per heavy atom. The molecule has 0 aliphatic heterocycles. The number of aryl methyl sites for hydroxylation is 2. The Kier molecular flexibility index (Phi) is 3.05. The number of hydrogen-bond acceptors (Lipinski definition) is 3.